The Kier molecular flexibility index (Phi) is 6.73. The van der Waals surface area contributed by atoms with Crippen LogP contribution in [-0.4, -0.2) is 18.3 Å². The maximum Gasteiger partial charge on any atom is 0.297 e. The molecule has 0 spiro atoms. The van der Waals surface area contributed by atoms with Gasteiger partial charge in [-0.25, -0.2) is 0 Å². The molecular formula is C14H9Br3N2O7S. The number of halogens is 3. The van der Waals surface area contributed by atoms with Crippen molar-refractivity contribution in [1.29, 1.82) is 0 Å². The molecule has 0 saturated heterocycles. The van der Waals surface area contributed by atoms with Gasteiger partial charge in [-0.1, -0.05) is 59.9 Å². The molecular weight excluding hydrogens is 580 g/mol. The first-order chi connectivity index (χ1) is 12.4. The maximum absolute atomic E-state index is 12.3. The van der Waals surface area contributed by atoms with E-state index in [1.54, 1.807) is 0 Å². The van der Waals surface area contributed by atoms with Gasteiger partial charge in [0.25, 0.3) is 21.5 Å². The van der Waals surface area contributed by atoms with E-state index in [2.05, 4.69) is 47.8 Å². The first kappa shape index (κ1) is 21.9. The van der Waals surface area contributed by atoms with Crippen molar-refractivity contribution < 1.29 is 22.4 Å². The van der Waals surface area contributed by atoms with Gasteiger partial charge < -0.3 is 0 Å². The Morgan fingerprint density at radius 1 is 0.926 bits per heavy atom. The molecule has 0 aromatic heterocycles. The molecule has 0 aliphatic carbocycles. The summed E-state index contributed by atoms with van der Waals surface area (Å²) in [6.07, 6.45) is 0. The topological polar surface area (TPSA) is 130 Å². The van der Waals surface area contributed by atoms with E-state index in [1.165, 1.54) is 24.3 Å². The first-order valence-electron chi connectivity index (χ1n) is 6.91. The molecule has 13 heteroatoms. The van der Waals surface area contributed by atoms with Gasteiger partial charge in [0.2, 0.25) is 0 Å². The summed E-state index contributed by atoms with van der Waals surface area (Å²) in [7, 11) is -4.30. The zero-order chi connectivity index (χ0) is 20.4. The molecule has 0 bridgehead atoms. The van der Waals surface area contributed by atoms with Crippen LogP contribution in [0.25, 0.3) is 0 Å². The van der Waals surface area contributed by atoms with Crippen molar-refractivity contribution in [2.75, 3.05) is 0 Å². The lowest BCUT2D eigenvalue weighted by Crippen LogP contribution is -2.10. The maximum atomic E-state index is 12.3. The van der Waals surface area contributed by atoms with Crippen LogP contribution in [0.3, 0.4) is 0 Å². The SMILES string of the molecule is O=[N+]([O-])c1cccc([N+](=O)[O-])c1COS(=O)(=O)c1ccc(C(Br)(Br)Br)cc1. The summed E-state index contributed by atoms with van der Waals surface area (Å²) < 4.78 is 28.8. The normalized spacial score (nSPS) is 12.0. The van der Waals surface area contributed by atoms with Crippen LogP contribution in [0.1, 0.15) is 11.1 Å². The lowest BCUT2D eigenvalue weighted by Gasteiger charge is -2.13. The summed E-state index contributed by atoms with van der Waals surface area (Å²) in [5.74, 6) is 0. The van der Waals surface area contributed by atoms with Gasteiger partial charge in [-0.15, -0.1) is 0 Å². The van der Waals surface area contributed by atoms with Gasteiger partial charge in [0.15, 0.2) is 2.14 Å². The Hall–Kier alpha value is -1.41. The van der Waals surface area contributed by atoms with E-state index in [0.29, 0.717) is 5.56 Å². The number of nitro groups is 2. The van der Waals surface area contributed by atoms with Crippen LogP contribution in [0, 0.1) is 20.2 Å². The summed E-state index contributed by atoms with van der Waals surface area (Å²) in [6.45, 7) is -0.850. The molecule has 2 rings (SSSR count). The summed E-state index contributed by atoms with van der Waals surface area (Å²) in [4.78, 5) is 20.3. The molecule has 0 saturated carbocycles. The lowest BCUT2D eigenvalue weighted by atomic mass is 10.1. The van der Waals surface area contributed by atoms with Crippen LogP contribution in [0.4, 0.5) is 11.4 Å². The number of nitro benzene ring substituents is 2. The highest BCUT2D eigenvalue weighted by atomic mass is 80.0. The van der Waals surface area contributed by atoms with Gasteiger partial charge in [0, 0.05) is 12.1 Å². The summed E-state index contributed by atoms with van der Waals surface area (Å²) in [6, 6.07) is 8.77. The molecule has 0 heterocycles. The smallest absolute Gasteiger partial charge is 0.261 e. The van der Waals surface area contributed by atoms with E-state index >= 15 is 0 Å². The quantitative estimate of drug-likeness (QED) is 0.207. The van der Waals surface area contributed by atoms with E-state index in [0.717, 1.165) is 18.2 Å². The predicted octanol–water partition coefficient (Wildman–Crippen LogP) is 4.70. The average molecular weight is 589 g/mol. The van der Waals surface area contributed by atoms with Gasteiger partial charge in [0.05, 0.1) is 14.7 Å². The third kappa shape index (κ3) is 5.31. The second-order valence-corrected chi connectivity index (χ2v) is 13.4. The number of hydrogen-bond donors (Lipinski definition) is 0. The lowest BCUT2D eigenvalue weighted by molar-refractivity contribution is -0.396. The third-order valence-corrected chi connectivity index (χ3v) is 6.00. The Morgan fingerprint density at radius 3 is 1.81 bits per heavy atom. The fraction of sp³-hybridized carbons (Fsp3) is 0.143. The van der Waals surface area contributed by atoms with Crippen molar-refractivity contribution in [3.05, 3.63) is 73.8 Å². The molecule has 9 nitrogen and oxygen atoms in total. The van der Waals surface area contributed by atoms with Crippen molar-refractivity contribution in [3.63, 3.8) is 0 Å². The van der Waals surface area contributed by atoms with Crippen LogP contribution >= 0.6 is 47.8 Å². The van der Waals surface area contributed by atoms with Crippen molar-refractivity contribution in [2.45, 2.75) is 13.6 Å². The number of nitrogens with zero attached hydrogens (tertiary/aromatic N) is 2. The minimum atomic E-state index is -4.30. The second kappa shape index (κ2) is 8.31. The van der Waals surface area contributed by atoms with Crippen molar-refractivity contribution in [3.8, 4) is 0 Å². The summed E-state index contributed by atoms with van der Waals surface area (Å²) >= 11 is 9.87. The molecule has 27 heavy (non-hydrogen) atoms. The van der Waals surface area contributed by atoms with E-state index in [9.17, 15) is 28.6 Å². The van der Waals surface area contributed by atoms with Crippen LogP contribution in [0.2, 0.25) is 0 Å². The number of hydrogen-bond acceptors (Lipinski definition) is 7. The summed E-state index contributed by atoms with van der Waals surface area (Å²) in [5, 5.41) is 22.2. The summed E-state index contributed by atoms with van der Waals surface area (Å²) in [5.41, 5.74) is -0.973. The largest absolute Gasteiger partial charge is 0.297 e. The number of benzene rings is 2. The second-order valence-electron chi connectivity index (χ2n) is 5.03. The Balaban J connectivity index is 2.33. The van der Waals surface area contributed by atoms with Crippen molar-refractivity contribution >= 4 is 69.3 Å². The molecule has 144 valence electrons. The third-order valence-electron chi connectivity index (χ3n) is 3.35. The molecule has 0 amide bonds. The molecule has 0 unspecified atom stereocenters. The van der Waals surface area contributed by atoms with Crippen molar-refractivity contribution in [2.24, 2.45) is 0 Å². The Labute approximate surface area is 178 Å². The molecule has 0 fully saturated rings. The molecule has 0 aliphatic rings. The molecule has 0 atom stereocenters. The highest BCUT2D eigenvalue weighted by Crippen LogP contribution is 2.44. The molecule has 2 aromatic carbocycles. The zero-order valence-electron chi connectivity index (χ0n) is 13.0. The number of rotatable bonds is 6. The molecule has 2 aromatic rings. The van der Waals surface area contributed by atoms with Gasteiger partial charge in [0.1, 0.15) is 12.2 Å². The fourth-order valence-corrected chi connectivity index (χ4v) is 3.74. The highest BCUT2D eigenvalue weighted by Gasteiger charge is 2.28. The fourth-order valence-electron chi connectivity index (χ4n) is 2.07. The van der Waals surface area contributed by atoms with Gasteiger partial charge >= 0.3 is 0 Å². The Bertz CT molecular complexity index is 957. The molecule has 0 aliphatic heterocycles. The predicted molar refractivity (Wildman–Crippen MR) is 107 cm³/mol. The number of alkyl halides is 3. The van der Waals surface area contributed by atoms with E-state index in [1.807, 2.05) is 0 Å². The van der Waals surface area contributed by atoms with E-state index < -0.39 is 45.7 Å². The van der Waals surface area contributed by atoms with Gasteiger partial charge in [-0.2, -0.15) is 8.42 Å². The van der Waals surface area contributed by atoms with Crippen molar-refractivity contribution in [1.82, 2.24) is 0 Å². The minimum absolute atomic E-state index is 0.204. The molecule has 0 N–H and O–H groups in total. The van der Waals surface area contributed by atoms with Crippen LogP contribution in [-0.2, 0) is 23.1 Å². The van der Waals surface area contributed by atoms with Crippen LogP contribution in [0.15, 0.2) is 47.4 Å². The standard InChI is InChI=1S/C14H9Br3N2O7S/c15-14(16,17)9-4-6-10(7-5-9)27(24,25)26-8-11-12(18(20)21)2-1-3-13(11)19(22)23/h1-7H,8H2. The first-order valence-corrected chi connectivity index (χ1v) is 10.7. The van der Waals surface area contributed by atoms with Gasteiger partial charge in [-0.05, 0) is 23.8 Å². The highest BCUT2D eigenvalue weighted by molar-refractivity contribution is 9.38. The minimum Gasteiger partial charge on any atom is -0.261 e. The monoisotopic (exact) mass is 586 g/mol. The molecule has 0 radical (unpaired) electrons. The van der Waals surface area contributed by atoms with Crippen LogP contribution < -0.4 is 0 Å². The van der Waals surface area contributed by atoms with Gasteiger partial charge in [-0.3, -0.25) is 24.4 Å². The van der Waals surface area contributed by atoms with E-state index in [-0.39, 0.29) is 4.90 Å². The Morgan fingerprint density at radius 2 is 1.41 bits per heavy atom. The van der Waals surface area contributed by atoms with Crippen LogP contribution in [0.5, 0.6) is 0 Å². The van der Waals surface area contributed by atoms with E-state index in [4.69, 9.17) is 4.18 Å². The zero-order valence-corrected chi connectivity index (χ0v) is 18.6. The average Bonchev–Trinajstić information content (AvgIpc) is 2.58.